The molecule has 0 spiro atoms. The molecule has 106 valence electrons. The van der Waals surface area contributed by atoms with Crippen LogP contribution in [0.25, 0.3) is 0 Å². The zero-order valence-corrected chi connectivity index (χ0v) is 11.7. The molecule has 0 saturated carbocycles. The Morgan fingerprint density at radius 2 is 2.00 bits per heavy atom. The van der Waals surface area contributed by atoms with E-state index in [1.54, 1.807) is 4.31 Å². The maximum absolute atomic E-state index is 12.5. The van der Waals surface area contributed by atoms with E-state index in [-0.39, 0.29) is 6.10 Å². The minimum Gasteiger partial charge on any atom is -0.374 e. The van der Waals surface area contributed by atoms with E-state index < -0.39 is 10.2 Å². The van der Waals surface area contributed by atoms with Gasteiger partial charge in [-0.25, -0.2) is 0 Å². The van der Waals surface area contributed by atoms with E-state index in [9.17, 15) is 8.42 Å². The molecule has 0 radical (unpaired) electrons. The van der Waals surface area contributed by atoms with Crippen molar-refractivity contribution in [3.8, 4) is 0 Å². The Balaban J connectivity index is 2.05. The molecule has 2 heterocycles. The van der Waals surface area contributed by atoms with Gasteiger partial charge in [-0.05, 0) is 18.8 Å². The van der Waals surface area contributed by atoms with Crippen LogP contribution < -0.4 is 5.73 Å². The summed E-state index contributed by atoms with van der Waals surface area (Å²) in [7, 11) is -3.33. The predicted molar refractivity (Wildman–Crippen MR) is 69.3 cm³/mol. The summed E-state index contributed by atoms with van der Waals surface area (Å²) in [6.07, 6.45) is 1.89. The molecule has 2 aliphatic rings. The topological polar surface area (TPSA) is 75.9 Å². The van der Waals surface area contributed by atoms with E-state index in [0.29, 0.717) is 45.2 Å². The van der Waals surface area contributed by atoms with Crippen molar-refractivity contribution in [2.45, 2.75) is 25.9 Å². The molecule has 0 aliphatic carbocycles. The van der Waals surface area contributed by atoms with Gasteiger partial charge in [0.15, 0.2) is 0 Å². The monoisotopic (exact) mass is 277 g/mol. The summed E-state index contributed by atoms with van der Waals surface area (Å²) in [5.74, 6) is 0.444. The summed E-state index contributed by atoms with van der Waals surface area (Å²) >= 11 is 0. The average molecular weight is 277 g/mol. The fourth-order valence-electron chi connectivity index (χ4n) is 2.56. The fourth-order valence-corrected chi connectivity index (χ4v) is 4.35. The highest BCUT2D eigenvalue weighted by Crippen LogP contribution is 2.21. The summed E-state index contributed by atoms with van der Waals surface area (Å²) in [5.41, 5.74) is 5.55. The first-order chi connectivity index (χ1) is 8.54. The van der Waals surface area contributed by atoms with Gasteiger partial charge < -0.3 is 10.5 Å². The smallest absolute Gasteiger partial charge is 0.282 e. The molecule has 2 atom stereocenters. The van der Waals surface area contributed by atoms with E-state index in [4.69, 9.17) is 10.5 Å². The summed E-state index contributed by atoms with van der Waals surface area (Å²) in [4.78, 5) is 0. The van der Waals surface area contributed by atoms with Crippen molar-refractivity contribution in [3.63, 3.8) is 0 Å². The molecule has 0 aromatic heterocycles. The van der Waals surface area contributed by atoms with Gasteiger partial charge in [-0.1, -0.05) is 6.92 Å². The predicted octanol–water partition coefficient (Wildman–Crippen LogP) is -0.377. The minimum absolute atomic E-state index is 0.171. The molecular formula is C11H23N3O3S. The molecule has 2 aliphatic heterocycles. The molecule has 18 heavy (non-hydrogen) atoms. The first-order valence-corrected chi connectivity index (χ1v) is 8.00. The average Bonchev–Trinajstić information content (AvgIpc) is 2.39. The van der Waals surface area contributed by atoms with Crippen LogP contribution in [0.3, 0.4) is 0 Å². The van der Waals surface area contributed by atoms with E-state index in [0.717, 1.165) is 12.8 Å². The third kappa shape index (κ3) is 3.03. The third-order valence-corrected chi connectivity index (χ3v) is 5.61. The number of ether oxygens (including phenoxy) is 1. The second-order valence-corrected chi connectivity index (χ2v) is 7.13. The Morgan fingerprint density at radius 1 is 1.28 bits per heavy atom. The third-order valence-electron chi connectivity index (χ3n) is 3.64. The zero-order chi connectivity index (χ0) is 13.2. The molecule has 0 aromatic carbocycles. The van der Waals surface area contributed by atoms with Crippen LogP contribution in [0.15, 0.2) is 0 Å². The fraction of sp³-hybridized carbons (Fsp3) is 1.00. The van der Waals surface area contributed by atoms with Crippen molar-refractivity contribution < 1.29 is 13.2 Å². The first-order valence-electron chi connectivity index (χ1n) is 6.61. The van der Waals surface area contributed by atoms with Crippen LogP contribution in [0.2, 0.25) is 0 Å². The number of rotatable bonds is 3. The van der Waals surface area contributed by atoms with Gasteiger partial charge in [0.1, 0.15) is 0 Å². The normalized spacial score (nSPS) is 32.6. The van der Waals surface area contributed by atoms with Gasteiger partial charge in [0.25, 0.3) is 10.2 Å². The zero-order valence-electron chi connectivity index (χ0n) is 10.9. The Bertz CT molecular complexity index is 374. The maximum Gasteiger partial charge on any atom is 0.282 e. The molecule has 0 amide bonds. The van der Waals surface area contributed by atoms with Crippen molar-refractivity contribution >= 4 is 10.2 Å². The molecule has 2 rings (SSSR count). The van der Waals surface area contributed by atoms with Crippen LogP contribution in [-0.2, 0) is 14.9 Å². The molecule has 0 bridgehead atoms. The van der Waals surface area contributed by atoms with Crippen molar-refractivity contribution in [1.29, 1.82) is 0 Å². The van der Waals surface area contributed by atoms with Crippen LogP contribution in [0, 0.1) is 5.92 Å². The summed E-state index contributed by atoms with van der Waals surface area (Å²) in [6, 6.07) is 0. The number of piperidine rings is 1. The van der Waals surface area contributed by atoms with Gasteiger partial charge in [-0.3, -0.25) is 0 Å². The van der Waals surface area contributed by atoms with Gasteiger partial charge in [-0.2, -0.15) is 17.0 Å². The van der Waals surface area contributed by atoms with Gasteiger partial charge >= 0.3 is 0 Å². The highest BCUT2D eigenvalue weighted by Gasteiger charge is 2.35. The van der Waals surface area contributed by atoms with E-state index in [1.165, 1.54) is 4.31 Å². The highest BCUT2D eigenvalue weighted by molar-refractivity contribution is 7.86. The largest absolute Gasteiger partial charge is 0.374 e. The Morgan fingerprint density at radius 3 is 2.67 bits per heavy atom. The van der Waals surface area contributed by atoms with Crippen molar-refractivity contribution in [3.05, 3.63) is 0 Å². The Hall–Kier alpha value is -0.210. The summed E-state index contributed by atoms with van der Waals surface area (Å²) in [5, 5.41) is 0. The molecule has 2 N–H and O–H groups in total. The van der Waals surface area contributed by atoms with Crippen molar-refractivity contribution in [2.24, 2.45) is 11.7 Å². The molecule has 6 nitrogen and oxygen atoms in total. The van der Waals surface area contributed by atoms with E-state index >= 15 is 0 Å². The number of nitrogens with zero attached hydrogens (tertiary/aromatic N) is 2. The van der Waals surface area contributed by atoms with Crippen LogP contribution in [-0.4, -0.2) is 62.5 Å². The van der Waals surface area contributed by atoms with E-state index in [1.807, 2.05) is 0 Å². The van der Waals surface area contributed by atoms with E-state index in [2.05, 4.69) is 6.92 Å². The van der Waals surface area contributed by atoms with Crippen molar-refractivity contribution in [1.82, 2.24) is 8.61 Å². The lowest BCUT2D eigenvalue weighted by Gasteiger charge is -2.37. The van der Waals surface area contributed by atoms with Crippen LogP contribution >= 0.6 is 0 Å². The van der Waals surface area contributed by atoms with Crippen LogP contribution in [0.5, 0.6) is 0 Å². The highest BCUT2D eigenvalue weighted by atomic mass is 32.2. The minimum atomic E-state index is -3.33. The lowest BCUT2D eigenvalue weighted by atomic mass is 10.0. The summed E-state index contributed by atoms with van der Waals surface area (Å²) < 4.78 is 33.5. The van der Waals surface area contributed by atoms with Gasteiger partial charge in [0.2, 0.25) is 0 Å². The quantitative estimate of drug-likeness (QED) is 0.763. The molecular weight excluding hydrogens is 254 g/mol. The standard InChI is InChI=1S/C11H23N3O3S/c1-10-3-2-4-13(8-10)18(15,16)14-5-6-17-11(7-12)9-14/h10-11H,2-9,12H2,1H3. The SMILES string of the molecule is CC1CCCN(S(=O)(=O)N2CCOC(CN)C2)C1. The Kier molecular flexibility index (Phi) is 4.60. The number of nitrogens with two attached hydrogens (primary N) is 1. The molecule has 2 fully saturated rings. The second-order valence-electron chi connectivity index (χ2n) is 5.20. The molecule has 2 unspecified atom stereocenters. The number of hydrogen-bond donors (Lipinski definition) is 1. The molecule has 2 saturated heterocycles. The Labute approximate surface area is 109 Å². The summed E-state index contributed by atoms with van der Waals surface area (Å²) in [6.45, 7) is 4.98. The molecule has 0 aromatic rings. The first kappa shape index (κ1) is 14.2. The van der Waals surface area contributed by atoms with Crippen LogP contribution in [0.1, 0.15) is 19.8 Å². The van der Waals surface area contributed by atoms with Crippen molar-refractivity contribution in [2.75, 3.05) is 39.3 Å². The van der Waals surface area contributed by atoms with Gasteiger partial charge in [-0.15, -0.1) is 0 Å². The molecule has 7 heteroatoms. The lowest BCUT2D eigenvalue weighted by molar-refractivity contribution is 0.00229. The number of morpholine rings is 1. The lowest BCUT2D eigenvalue weighted by Crippen LogP contribution is -2.54. The van der Waals surface area contributed by atoms with Gasteiger partial charge in [0, 0.05) is 32.7 Å². The second kappa shape index (κ2) is 5.83. The maximum atomic E-state index is 12.5. The van der Waals surface area contributed by atoms with Gasteiger partial charge in [0.05, 0.1) is 12.7 Å². The van der Waals surface area contributed by atoms with Crippen LogP contribution in [0.4, 0.5) is 0 Å². The number of hydrogen-bond acceptors (Lipinski definition) is 4.